The second-order valence-corrected chi connectivity index (χ2v) is 9.68. The van der Waals surface area contributed by atoms with Crippen molar-refractivity contribution in [3.8, 4) is 11.5 Å². The number of amides is 1. The Hall–Kier alpha value is -2.73. The van der Waals surface area contributed by atoms with Gasteiger partial charge in [0.15, 0.2) is 6.61 Å². The van der Waals surface area contributed by atoms with Crippen molar-refractivity contribution in [3.63, 3.8) is 0 Å². The minimum atomic E-state index is -0.460. The fraction of sp³-hybridized carbons (Fsp3) is 0.481. The minimum Gasteiger partial charge on any atom is -0.493 e. The molecule has 0 atom stereocenters. The highest BCUT2D eigenvalue weighted by atomic mass is 35.5. The number of ether oxygens (including phenoxy) is 3. The van der Waals surface area contributed by atoms with Gasteiger partial charge in [0, 0.05) is 30.1 Å². The monoisotopic (exact) mass is 489 g/mol. The highest BCUT2D eigenvalue weighted by Gasteiger charge is 2.19. The van der Waals surface area contributed by atoms with Crippen molar-refractivity contribution >= 4 is 23.5 Å². The summed E-state index contributed by atoms with van der Waals surface area (Å²) in [4.78, 5) is 26.6. The Kier molecular flexibility index (Phi) is 10.7. The normalized spacial score (nSPS) is 11.0. The van der Waals surface area contributed by atoms with Crippen LogP contribution in [0.4, 0.5) is 0 Å². The number of hydrogen-bond donors (Lipinski definition) is 0. The van der Waals surface area contributed by atoms with Crippen molar-refractivity contribution in [2.75, 3.05) is 33.4 Å². The van der Waals surface area contributed by atoms with Gasteiger partial charge in [0.25, 0.3) is 5.91 Å². The average molecular weight is 490 g/mol. The molecule has 1 amide bonds. The number of rotatable bonds is 12. The van der Waals surface area contributed by atoms with E-state index in [9.17, 15) is 9.59 Å². The van der Waals surface area contributed by atoms with Gasteiger partial charge >= 0.3 is 5.97 Å². The van der Waals surface area contributed by atoms with Crippen LogP contribution in [0.25, 0.3) is 0 Å². The summed E-state index contributed by atoms with van der Waals surface area (Å²) in [6.45, 7) is 12.0. The number of methoxy groups -OCH3 is 1. The van der Waals surface area contributed by atoms with Gasteiger partial charge in [-0.2, -0.15) is 0 Å². The van der Waals surface area contributed by atoms with Gasteiger partial charge in [-0.05, 0) is 66.3 Å². The zero-order valence-corrected chi connectivity index (χ0v) is 21.8. The number of esters is 1. The second kappa shape index (κ2) is 13.2. The summed E-state index contributed by atoms with van der Waals surface area (Å²) in [7, 11) is 1.31. The van der Waals surface area contributed by atoms with E-state index in [1.54, 1.807) is 24.3 Å². The van der Waals surface area contributed by atoms with E-state index >= 15 is 0 Å². The molecule has 0 aliphatic carbocycles. The van der Waals surface area contributed by atoms with Crippen LogP contribution < -0.4 is 9.47 Å². The van der Waals surface area contributed by atoms with Crippen LogP contribution in [-0.4, -0.2) is 50.2 Å². The number of carbonyl (C=O) groups is 2. The smallest absolute Gasteiger partial charge is 0.343 e. The number of benzene rings is 2. The van der Waals surface area contributed by atoms with Gasteiger partial charge in [-0.1, -0.05) is 39.3 Å². The summed E-state index contributed by atoms with van der Waals surface area (Å²) in [5.41, 5.74) is 2.40. The maximum absolute atomic E-state index is 13.3. The number of halogens is 1. The highest BCUT2D eigenvalue weighted by Crippen LogP contribution is 2.25. The molecule has 0 fully saturated rings. The van der Waals surface area contributed by atoms with Crippen LogP contribution in [0.5, 0.6) is 11.5 Å². The largest absolute Gasteiger partial charge is 0.493 e. The first-order valence-corrected chi connectivity index (χ1v) is 12.0. The zero-order valence-electron chi connectivity index (χ0n) is 21.0. The molecule has 34 heavy (non-hydrogen) atoms. The maximum atomic E-state index is 13.3. The Morgan fingerprint density at radius 1 is 0.971 bits per heavy atom. The highest BCUT2D eigenvalue weighted by molar-refractivity contribution is 6.30. The lowest BCUT2D eigenvalue weighted by Crippen LogP contribution is -2.37. The SMILES string of the molecule is COC(=O)COc1ccc(Cl)cc1CCOc1cc(C)cc(C(=O)N(CC(C)C)CC(C)C)c1. The Morgan fingerprint density at radius 2 is 1.65 bits per heavy atom. The van der Waals surface area contributed by atoms with Crippen molar-refractivity contribution in [2.24, 2.45) is 11.8 Å². The summed E-state index contributed by atoms with van der Waals surface area (Å²) < 4.78 is 16.2. The van der Waals surface area contributed by atoms with E-state index in [2.05, 4.69) is 32.4 Å². The Balaban J connectivity index is 2.11. The third-order valence-electron chi connectivity index (χ3n) is 4.99. The maximum Gasteiger partial charge on any atom is 0.343 e. The molecular weight excluding hydrogens is 454 g/mol. The van der Waals surface area contributed by atoms with Gasteiger partial charge in [-0.3, -0.25) is 4.79 Å². The Bertz CT molecular complexity index is 963. The van der Waals surface area contributed by atoms with Gasteiger partial charge in [0.05, 0.1) is 13.7 Å². The first kappa shape index (κ1) is 27.5. The predicted octanol–water partition coefficient (Wildman–Crippen LogP) is 5.58. The Labute approximate surface area is 208 Å². The van der Waals surface area contributed by atoms with Gasteiger partial charge in [0.1, 0.15) is 11.5 Å². The number of nitrogens with zero attached hydrogens (tertiary/aromatic N) is 1. The lowest BCUT2D eigenvalue weighted by molar-refractivity contribution is -0.142. The topological polar surface area (TPSA) is 65.1 Å². The number of carbonyl (C=O) groups excluding carboxylic acids is 2. The van der Waals surface area contributed by atoms with Gasteiger partial charge in [0.2, 0.25) is 0 Å². The average Bonchev–Trinajstić information content (AvgIpc) is 2.76. The Morgan fingerprint density at radius 3 is 2.26 bits per heavy atom. The van der Waals surface area contributed by atoms with E-state index in [0.29, 0.717) is 60.0 Å². The van der Waals surface area contributed by atoms with E-state index in [4.69, 9.17) is 21.1 Å². The second-order valence-electron chi connectivity index (χ2n) is 9.25. The van der Waals surface area contributed by atoms with Crippen LogP contribution >= 0.6 is 11.6 Å². The molecule has 0 N–H and O–H groups in total. The summed E-state index contributed by atoms with van der Waals surface area (Å²) >= 11 is 6.15. The van der Waals surface area contributed by atoms with Gasteiger partial charge < -0.3 is 19.1 Å². The molecule has 0 aliphatic rings. The van der Waals surface area contributed by atoms with Gasteiger partial charge in [-0.25, -0.2) is 4.79 Å². The fourth-order valence-electron chi connectivity index (χ4n) is 3.62. The minimum absolute atomic E-state index is 0.0179. The molecule has 6 nitrogen and oxygen atoms in total. The van der Waals surface area contributed by atoms with E-state index < -0.39 is 5.97 Å². The van der Waals surface area contributed by atoms with Crippen molar-refractivity contribution in [2.45, 2.75) is 41.0 Å². The number of hydrogen-bond acceptors (Lipinski definition) is 5. The van der Waals surface area contributed by atoms with E-state index in [-0.39, 0.29) is 12.5 Å². The molecule has 0 spiro atoms. The summed E-state index contributed by atoms with van der Waals surface area (Å²) in [6.07, 6.45) is 0.515. The quantitative estimate of drug-likeness (QED) is 0.364. The molecule has 0 saturated carbocycles. The molecular formula is C27H36ClNO5. The predicted molar refractivity (Wildman–Crippen MR) is 135 cm³/mol. The van der Waals surface area contributed by atoms with Crippen LogP contribution in [0.2, 0.25) is 5.02 Å². The molecule has 2 rings (SSSR count). The molecule has 0 aliphatic heterocycles. The molecule has 0 bridgehead atoms. The lowest BCUT2D eigenvalue weighted by atomic mass is 10.1. The molecule has 186 valence electrons. The molecule has 0 aromatic heterocycles. The standard InChI is InChI=1S/C27H36ClNO5/c1-18(2)15-29(16-19(3)4)27(31)22-11-20(5)12-24(14-22)33-10-9-21-13-23(28)7-8-25(21)34-17-26(30)32-6/h7-8,11-14,18-19H,9-10,15-17H2,1-6H3. The van der Waals surface area contributed by atoms with Gasteiger partial charge in [-0.15, -0.1) is 0 Å². The summed E-state index contributed by atoms with van der Waals surface area (Å²) in [5, 5.41) is 0.569. The van der Waals surface area contributed by atoms with E-state index in [1.807, 2.05) is 24.0 Å². The zero-order chi connectivity index (χ0) is 25.3. The van der Waals surface area contributed by atoms with Crippen LogP contribution in [0.1, 0.15) is 49.2 Å². The van der Waals surface area contributed by atoms with E-state index in [1.165, 1.54) is 7.11 Å². The molecule has 0 unspecified atom stereocenters. The van der Waals surface area contributed by atoms with Crippen molar-refractivity contribution in [3.05, 3.63) is 58.1 Å². The summed E-state index contributed by atoms with van der Waals surface area (Å²) in [5.74, 6) is 1.52. The first-order valence-electron chi connectivity index (χ1n) is 11.6. The third-order valence-corrected chi connectivity index (χ3v) is 5.23. The van der Waals surface area contributed by atoms with Crippen LogP contribution in [-0.2, 0) is 16.0 Å². The fourth-order valence-corrected chi connectivity index (χ4v) is 3.81. The van der Waals surface area contributed by atoms with E-state index in [0.717, 1.165) is 11.1 Å². The molecule has 0 heterocycles. The summed E-state index contributed by atoms with van der Waals surface area (Å²) in [6, 6.07) is 10.8. The molecule has 0 saturated heterocycles. The lowest BCUT2D eigenvalue weighted by Gasteiger charge is -2.26. The van der Waals surface area contributed by atoms with Crippen molar-refractivity contribution in [1.29, 1.82) is 0 Å². The molecule has 0 radical (unpaired) electrons. The number of aryl methyl sites for hydroxylation is 1. The molecule has 2 aromatic rings. The first-order chi connectivity index (χ1) is 16.1. The van der Waals surface area contributed by atoms with Crippen molar-refractivity contribution < 1.29 is 23.8 Å². The van der Waals surface area contributed by atoms with Crippen molar-refractivity contribution in [1.82, 2.24) is 4.90 Å². The van der Waals surface area contributed by atoms with Crippen LogP contribution in [0.3, 0.4) is 0 Å². The molecule has 2 aromatic carbocycles. The third kappa shape index (κ3) is 8.90. The van der Waals surface area contributed by atoms with Crippen LogP contribution in [0, 0.1) is 18.8 Å². The molecule has 7 heteroatoms. The van der Waals surface area contributed by atoms with Crippen LogP contribution in [0.15, 0.2) is 36.4 Å².